The number of Topliss-reactive ketones (excluding diaryl/α,β-unsaturated/α-hetero) is 1. The lowest BCUT2D eigenvalue weighted by Crippen LogP contribution is -2.04. The molecule has 1 aromatic heterocycles. The van der Waals surface area contributed by atoms with Crippen LogP contribution in [0, 0.1) is 0 Å². The van der Waals surface area contributed by atoms with Crippen molar-refractivity contribution in [3.63, 3.8) is 0 Å². The van der Waals surface area contributed by atoms with Crippen molar-refractivity contribution in [2.45, 2.75) is 13.5 Å². The van der Waals surface area contributed by atoms with Gasteiger partial charge in [-0.2, -0.15) is 0 Å². The van der Waals surface area contributed by atoms with Gasteiger partial charge in [-0.05, 0) is 37.3 Å². The van der Waals surface area contributed by atoms with Crippen LogP contribution in [0.5, 0.6) is 5.75 Å². The molecule has 3 rings (SSSR count). The van der Waals surface area contributed by atoms with E-state index in [9.17, 15) is 9.59 Å². The molecule has 0 N–H and O–H groups in total. The average molecular weight is 361 g/mol. The third-order valence-electron chi connectivity index (χ3n) is 4.12. The molecule has 1 heterocycles. The molecule has 0 atom stereocenters. The SMILES string of the molecule is COc1ccc(C(C)=O)cc1COC(=O)/C=C/c1cccc2cccnc12. The summed E-state index contributed by atoms with van der Waals surface area (Å²) in [5.41, 5.74) is 2.83. The Labute approximate surface area is 157 Å². The first kappa shape index (κ1) is 18.3. The molecule has 136 valence electrons. The zero-order valence-corrected chi connectivity index (χ0v) is 15.1. The van der Waals surface area contributed by atoms with Gasteiger partial charge in [0.05, 0.1) is 12.6 Å². The molecule has 3 aromatic rings. The molecular formula is C22H19NO4. The number of para-hydroxylation sites is 1. The minimum atomic E-state index is -0.488. The minimum absolute atomic E-state index is 0.0151. The van der Waals surface area contributed by atoms with Gasteiger partial charge in [0.2, 0.25) is 0 Å². The summed E-state index contributed by atoms with van der Waals surface area (Å²) in [6.45, 7) is 1.50. The quantitative estimate of drug-likeness (QED) is 0.374. The van der Waals surface area contributed by atoms with E-state index in [-0.39, 0.29) is 12.4 Å². The summed E-state index contributed by atoms with van der Waals surface area (Å²) in [5, 5.41) is 0.999. The summed E-state index contributed by atoms with van der Waals surface area (Å²) in [5.74, 6) is 0.0156. The molecule has 2 aromatic carbocycles. The molecule has 0 saturated heterocycles. The lowest BCUT2D eigenvalue weighted by Gasteiger charge is -2.10. The van der Waals surface area contributed by atoms with E-state index in [4.69, 9.17) is 9.47 Å². The zero-order valence-electron chi connectivity index (χ0n) is 15.1. The molecule has 0 radical (unpaired) electrons. The normalized spacial score (nSPS) is 10.9. The highest BCUT2D eigenvalue weighted by Crippen LogP contribution is 2.21. The predicted octanol–water partition coefficient (Wildman–Crippen LogP) is 4.20. The number of fused-ring (bicyclic) bond motifs is 1. The van der Waals surface area contributed by atoms with Crippen LogP contribution in [0.1, 0.15) is 28.4 Å². The van der Waals surface area contributed by atoms with Gasteiger partial charge in [-0.3, -0.25) is 9.78 Å². The predicted molar refractivity (Wildman–Crippen MR) is 104 cm³/mol. The number of hydrogen-bond acceptors (Lipinski definition) is 5. The van der Waals surface area contributed by atoms with E-state index < -0.39 is 5.97 Å². The number of ketones is 1. The van der Waals surface area contributed by atoms with Gasteiger partial charge < -0.3 is 9.47 Å². The van der Waals surface area contributed by atoms with E-state index >= 15 is 0 Å². The van der Waals surface area contributed by atoms with Crippen LogP contribution < -0.4 is 4.74 Å². The second-order valence-electron chi connectivity index (χ2n) is 5.95. The Kier molecular flexibility index (Phi) is 5.61. The van der Waals surface area contributed by atoms with E-state index in [1.54, 1.807) is 30.5 Å². The summed E-state index contributed by atoms with van der Waals surface area (Å²) < 4.78 is 10.6. The molecule has 5 heteroatoms. The molecule has 0 spiro atoms. The number of nitrogens with zero attached hydrogens (tertiary/aromatic N) is 1. The van der Waals surface area contributed by atoms with Gasteiger partial charge >= 0.3 is 5.97 Å². The molecule has 0 amide bonds. The van der Waals surface area contributed by atoms with Gasteiger partial charge in [0.15, 0.2) is 5.78 Å². The number of carbonyl (C=O) groups is 2. The Hall–Kier alpha value is -3.47. The summed E-state index contributed by atoms with van der Waals surface area (Å²) in [6, 6.07) is 14.6. The van der Waals surface area contributed by atoms with Crippen molar-refractivity contribution >= 4 is 28.7 Å². The van der Waals surface area contributed by atoms with Gasteiger partial charge in [-0.15, -0.1) is 0 Å². The highest BCUT2D eigenvalue weighted by molar-refractivity contribution is 5.94. The number of methoxy groups -OCH3 is 1. The molecule has 0 fully saturated rings. The Morgan fingerprint density at radius 1 is 1.11 bits per heavy atom. The summed E-state index contributed by atoms with van der Waals surface area (Å²) in [4.78, 5) is 28.0. The van der Waals surface area contributed by atoms with Crippen LogP contribution in [0.2, 0.25) is 0 Å². The molecule has 27 heavy (non-hydrogen) atoms. The lowest BCUT2D eigenvalue weighted by atomic mass is 10.1. The van der Waals surface area contributed by atoms with Gasteiger partial charge in [0.1, 0.15) is 12.4 Å². The van der Waals surface area contributed by atoms with Crippen LogP contribution in [0.3, 0.4) is 0 Å². The smallest absolute Gasteiger partial charge is 0.331 e. The maximum Gasteiger partial charge on any atom is 0.331 e. The van der Waals surface area contributed by atoms with E-state index in [0.29, 0.717) is 16.9 Å². The second kappa shape index (κ2) is 8.27. The Morgan fingerprint density at radius 3 is 2.70 bits per heavy atom. The molecule has 0 saturated carbocycles. The first-order valence-corrected chi connectivity index (χ1v) is 8.45. The molecule has 0 bridgehead atoms. The lowest BCUT2D eigenvalue weighted by molar-refractivity contribution is -0.138. The van der Waals surface area contributed by atoms with Crippen LogP contribution in [-0.2, 0) is 16.1 Å². The molecule has 0 unspecified atom stereocenters. The van der Waals surface area contributed by atoms with E-state index in [1.165, 1.54) is 20.1 Å². The number of carbonyl (C=O) groups excluding carboxylic acids is 2. The number of esters is 1. The van der Waals surface area contributed by atoms with Crippen LogP contribution in [-0.4, -0.2) is 23.8 Å². The van der Waals surface area contributed by atoms with Crippen molar-refractivity contribution in [2.24, 2.45) is 0 Å². The van der Waals surface area contributed by atoms with Crippen molar-refractivity contribution in [3.8, 4) is 5.75 Å². The minimum Gasteiger partial charge on any atom is -0.496 e. The highest BCUT2D eigenvalue weighted by Gasteiger charge is 2.09. The number of benzene rings is 2. The van der Waals surface area contributed by atoms with Gasteiger partial charge in [0.25, 0.3) is 0 Å². The maximum atomic E-state index is 12.1. The van der Waals surface area contributed by atoms with Crippen LogP contribution in [0.15, 0.2) is 60.8 Å². The van der Waals surface area contributed by atoms with E-state index in [0.717, 1.165) is 16.5 Å². The zero-order chi connectivity index (χ0) is 19.2. The first-order valence-electron chi connectivity index (χ1n) is 8.45. The van der Waals surface area contributed by atoms with Crippen molar-refractivity contribution in [1.29, 1.82) is 0 Å². The number of hydrogen-bond donors (Lipinski definition) is 0. The average Bonchev–Trinajstić information content (AvgIpc) is 2.70. The van der Waals surface area contributed by atoms with E-state index in [2.05, 4.69) is 4.98 Å². The first-order chi connectivity index (χ1) is 13.1. The van der Waals surface area contributed by atoms with Crippen molar-refractivity contribution in [1.82, 2.24) is 4.98 Å². The van der Waals surface area contributed by atoms with Crippen molar-refractivity contribution in [3.05, 3.63) is 77.5 Å². The van der Waals surface area contributed by atoms with Crippen LogP contribution >= 0.6 is 0 Å². The number of pyridine rings is 1. The standard InChI is InChI=1S/C22H19NO4/c1-15(24)18-8-10-20(26-2)19(13-18)14-27-21(25)11-9-17-6-3-5-16-7-4-12-23-22(16)17/h3-13H,14H2,1-2H3/b11-9+. The topological polar surface area (TPSA) is 65.5 Å². The van der Waals surface area contributed by atoms with Crippen LogP contribution in [0.4, 0.5) is 0 Å². The van der Waals surface area contributed by atoms with E-state index in [1.807, 2.05) is 30.3 Å². The summed E-state index contributed by atoms with van der Waals surface area (Å²) in [7, 11) is 1.53. The van der Waals surface area contributed by atoms with Crippen molar-refractivity contribution in [2.75, 3.05) is 7.11 Å². The second-order valence-corrected chi connectivity index (χ2v) is 5.95. The molecule has 5 nitrogen and oxygen atoms in total. The fourth-order valence-corrected chi connectivity index (χ4v) is 2.73. The Morgan fingerprint density at radius 2 is 1.93 bits per heavy atom. The summed E-state index contributed by atoms with van der Waals surface area (Å²) >= 11 is 0. The third-order valence-corrected chi connectivity index (χ3v) is 4.12. The highest BCUT2D eigenvalue weighted by atomic mass is 16.5. The largest absolute Gasteiger partial charge is 0.496 e. The molecular weight excluding hydrogens is 342 g/mol. The maximum absolute atomic E-state index is 12.1. The number of rotatable bonds is 6. The van der Waals surface area contributed by atoms with Gasteiger partial charge in [0, 0.05) is 34.3 Å². The number of aromatic nitrogens is 1. The Bertz CT molecular complexity index is 1020. The fourth-order valence-electron chi connectivity index (χ4n) is 2.73. The number of ether oxygens (including phenoxy) is 2. The molecule has 0 aliphatic carbocycles. The molecule has 0 aliphatic heterocycles. The Balaban J connectivity index is 1.72. The van der Waals surface area contributed by atoms with Gasteiger partial charge in [-0.1, -0.05) is 24.3 Å². The monoisotopic (exact) mass is 361 g/mol. The van der Waals surface area contributed by atoms with Crippen LogP contribution in [0.25, 0.3) is 17.0 Å². The van der Waals surface area contributed by atoms with Gasteiger partial charge in [-0.25, -0.2) is 4.79 Å². The fraction of sp³-hybridized carbons (Fsp3) is 0.136. The third kappa shape index (κ3) is 4.39. The van der Waals surface area contributed by atoms with Crippen molar-refractivity contribution < 1.29 is 19.1 Å². The summed E-state index contributed by atoms with van der Waals surface area (Å²) in [6.07, 6.45) is 4.76. The molecule has 0 aliphatic rings.